The van der Waals surface area contributed by atoms with Gasteiger partial charge in [-0.1, -0.05) is 6.07 Å². The molecule has 2 rings (SSSR count). The molecule has 4 nitrogen and oxygen atoms in total. The van der Waals surface area contributed by atoms with Crippen molar-refractivity contribution in [3.8, 4) is 5.75 Å². The number of nitrogens with zero attached hydrogens (tertiary/aromatic N) is 1. The molecule has 1 aliphatic rings. The average molecular weight is 235 g/mol. The standard InChI is InChI=1S/C13H21N3O/c1-9-12(7-8-15-2)17-13-10(14)5-4-6-11(13)16(9)3/h4-6,9,12,15H,7-8,14H2,1-3H3. The van der Waals surface area contributed by atoms with Crippen molar-refractivity contribution in [1.29, 1.82) is 0 Å². The van der Waals surface area contributed by atoms with Crippen molar-refractivity contribution in [3.63, 3.8) is 0 Å². The molecule has 2 atom stereocenters. The van der Waals surface area contributed by atoms with Crippen molar-refractivity contribution in [2.75, 3.05) is 31.3 Å². The van der Waals surface area contributed by atoms with Crippen molar-refractivity contribution in [1.82, 2.24) is 5.32 Å². The lowest BCUT2D eigenvalue weighted by Crippen LogP contribution is -2.47. The van der Waals surface area contributed by atoms with Gasteiger partial charge in [0.25, 0.3) is 0 Å². The molecule has 94 valence electrons. The molecule has 0 aliphatic carbocycles. The maximum atomic E-state index is 6.04. The number of nitrogens with one attached hydrogen (secondary N) is 1. The summed E-state index contributed by atoms with van der Waals surface area (Å²) < 4.78 is 6.04. The third-order valence-electron chi connectivity index (χ3n) is 3.50. The summed E-state index contributed by atoms with van der Waals surface area (Å²) in [7, 11) is 4.05. The predicted octanol–water partition coefficient (Wildman–Crippen LogP) is 1.46. The zero-order valence-electron chi connectivity index (χ0n) is 10.7. The molecule has 2 unspecified atom stereocenters. The van der Waals surface area contributed by atoms with Crippen molar-refractivity contribution >= 4 is 11.4 Å². The average Bonchev–Trinajstić information content (AvgIpc) is 2.33. The highest BCUT2D eigenvalue weighted by molar-refractivity contribution is 5.71. The lowest BCUT2D eigenvalue weighted by molar-refractivity contribution is 0.153. The number of nitrogen functional groups attached to an aromatic ring is 1. The van der Waals surface area contributed by atoms with Crippen LogP contribution in [0.2, 0.25) is 0 Å². The van der Waals surface area contributed by atoms with Gasteiger partial charge in [0.05, 0.1) is 17.4 Å². The minimum Gasteiger partial charge on any atom is -0.484 e. The minimum absolute atomic E-state index is 0.185. The van der Waals surface area contributed by atoms with Crippen LogP contribution in [-0.2, 0) is 0 Å². The third-order valence-corrected chi connectivity index (χ3v) is 3.50. The Bertz CT molecular complexity index is 394. The molecule has 1 aliphatic heterocycles. The van der Waals surface area contributed by atoms with Gasteiger partial charge >= 0.3 is 0 Å². The van der Waals surface area contributed by atoms with E-state index >= 15 is 0 Å². The predicted molar refractivity (Wildman–Crippen MR) is 71.7 cm³/mol. The fraction of sp³-hybridized carbons (Fsp3) is 0.538. The van der Waals surface area contributed by atoms with Gasteiger partial charge in [-0.05, 0) is 39.1 Å². The van der Waals surface area contributed by atoms with Crippen molar-refractivity contribution in [3.05, 3.63) is 18.2 Å². The first kappa shape index (κ1) is 12.0. The van der Waals surface area contributed by atoms with E-state index in [1.165, 1.54) is 0 Å². The van der Waals surface area contributed by atoms with Gasteiger partial charge in [-0.25, -0.2) is 0 Å². The van der Waals surface area contributed by atoms with Gasteiger partial charge < -0.3 is 20.7 Å². The highest BCUT2D eigenvalue weighted by Crippen LogP contribution is 2.40. The van der Waals surface area contributed by atoms with Gasteiger partial charge in [0, 0.05) is 7.05 Å². The van der Waals surface area contributed by atoms with Crippen LogP contribution >= 0.6 is 0 Å². The summed E-state index contributed by atoms with van der Waals surface area (Å²) in [5, 5.41) is 3.16. The van der Waals surface area contributed by atoms with Gasteiger partial charge in [-0.15, -0.1) is 0 Å². The first-order valence-electron chi connectivity index (χ1n) is 6.07. The Morgan fingerprint density at radius 2 is 2.24 bits per heavy atom. The number of rotatable bonds is 3. The van der Waals surface area contributed by atoms with Crippen LogP contribution in [-0.4, -0.2) is 32.8 Å². The second kappa shape index (κ2) is 4.84. The molecule has 3 N–H and O–H groups in total. The number of fused-ring (bicyclic) bond motifs is 1. The number of hydrogen-bond donors (Lipinski definition) is 2. The highest BCUT2D eigenvalue weighted by Gasteiger charge is 2.31. The van der Waals surface area contributed by atoms with Crippen LogP contribution < -0.4 is 20.7 Å². The lowest BCUT2D eigenvalue weighted by Gasteiger charge is -2.40. The Kier molecular flexibility index (Phi) is 3.43. The van der Waals surface area contributed by atoms with Crippen molar-refractivity contribution in [2.24, 2.45) is 0 Å². The van der Waals surface area contributed by atoms with E-state index < -0.39 is 0 Å². The largest absolute Gasteiger partial charge is 0.484 e. The Morgan fingerprint density at radius 1 is 1.47 bits per heavy atom. The van der Waals surface area contributed by atoms with Crippen molar-refractivity contribution in [2.45, 2.75) is 25.5 Å². The van der Waals surface area contributed by atoms with E-state index in [1.807, 2.05) is 19.2 Å². The molecule has 0 saturated heterocycles. The second-order valence-electron chi connectivity index (χ2n) is 4.60. The fourth-order valence-electron chi connectivity index (χ4n) is 2.25. The van der Waals surface area contributed by atoms with Gasteiger partial charge in [0.1, 0.15) is 6.10 Å². The van der Waals surface area contributed by atoms with Crippen LogP contribution in [0.1, 0.15) is 13.3 Å². The summed E-state index contributed by atoms with van der Waals surface area (Å²) in [6.07, 6.45) is 1.17. The van der Waals surface area contributed by atoms with Crippen LogP contribution in [0.5, 0.6) is 5.75 Å². The van der Waals surface area contributed by atoms with Crippen LogP contribution in [0, 0.1) is 0 Å². The summed E-state index contributed by atoms with van der Waals surface area (Å²) in [6.45, 7) is 3.14. The number of likely N-dealkylation sites (N-methyl/N-ethyl adjacent to an activating group) is 1. The van der Waals surface area contributed by atoms with Crippen LogP contribution in [0.4, 0.5) is 11.4 Å². The zero-order chi connectivity index (χ0) is 12.4. The maximum absolute atomic E-state index is 6.04. The smallest absolute Gasteiger partial charge is 0.165 e. The first-order valence-corrected chi connectivity index (χ1v) is 6.07. The number of ether oxygens (including phenoxy) is 1. The molecule has 0 amide bonds. The molecule has 0 saturated carbocycles. The Morgan fingerprint density at radius 3 is 2.94 bits per heavy atom. The minimum atomic E-state index is 0.185. The molecule has 0 radical (unpaired) electrons. The SMILES string of the molecule is CNCCC1Oc2c(N)cccc2N(C)C1C. The quantitative estimate of drug-likeness (QED) is 0.779. The van der Waals surface area contributed by atoms with Crippen molar-refractivity contribution < 1.29 is 4.74 Å². The molecular weight excluding hydrogens is 214 g/mol. The summed E-state index contributed by atoms with van der Waals surface area (Å²) >= 11 is 0. The fourth-order valence-corrected chi connectivity index (χ4v) is 2.25. The number of nitrogens with two attached hydrogens (primary N) is 1. The Hall–Kier alpha value is -1.42. The van der Waals surface area contributed by atoms with Crippen LogP contribution in [0.3, 0.4) is 0 Å². The number of anilines is 2. The van der Waals surface area contributed by atoms with Gasteiger partial charge in [-0.2, -0.15) is 0 Å². The summed E-state index contributed by atoms with van der Waals surface area (Å²) in [6, 6.07) is 6.26. The van der Waals surface area contributed by atoms with E-state index in [-0.39, 0.29) is 6.10 Å². The molecule has 0 bridgehead atoms. The lowest BCUT2D eigenvalue weighted by atomic mass is 10.0. The normalized spacial score (nSPS) is 23.1. The number of hydrogen-bond acceptors (Lipinski definition) is 4. The maximum Gasteiger partial charge on any atom is 0.165 e. The van der Waals surface area contributed by atoms with Gasteiger partial charge in [0.15, 0.2) is 5.75 Å². The Labute approximate surface area is 103 Å². The second-order valence-corrected chi connectivity index (χ2v) is 4.60. The molecule has 0 fully saturated rings. The zero-order valence-corrected chi connectivity index (χ0v) is 10.7. The van der Waals surface area contributed by atoms with Gasteiger partial charge in [-0.3, -0.25) is 0 Å². The number of benzene rings is 1. The molecule has 1 heterocycles. The summed E-state index contributed by atoms with van der Waals surface area (Å²) in [5.74, 6) is 0.828. The monoisotopic (exact) mass is 235 g/mol. The summed E-state index contributed by atoms with van der Waals surface area (Å²) in [5.41, 5.74) is 7.77. The van der Waals surface area contributed by atoms with E-state index in [2.05, 4.69) is 30.3 Å². The first-order chi connectivity index (χ1) is 8.15. The molecule has 0 aromatic heterocycles. The van der Waals surface area contributed by atoms with E-state index in [0.29, 0.717) is 6.04 Å². The highest BCUT2D eigenvalue weighted by atomic mass is 16.5. The van der Waals surface area contributed by atoms with E-state index in [1.54, 1.807) is 0 Å². The Balaban J connectivity index is 2.26. The molecule has 17 heavy (non-hydrogen) atoms. The topological polar surface area (TPSA) is 50.5 Å². The molecule has 0 spiro atoms. The van der Waals surface area contributed by atoms with Crippen LogP contribution in [0.15, 0.2) is 18.2 Å². The van der Waals surface area contributed by atoms with E-state index in [9.17, 15) is 0 Å². The van der Waals surface area contributed by atoms with Crippen LogP contribution in [0.25, 0.3) is 0 Å². The number of para-hydroxylation sites is 1. The van der Waals surface area contributed by atoms with Gasteiger partial charge in [0.2, 0.25) is 0 Å². The molecule has 1 aromatic carbocycles. The molecular formula is C13H21N3O. The van der Waals surface area contributed by atoms with E-state index in [0.717, 1.165) is 30.1 Å². The van der Waals surface area contributed by atoms with E-state index in [4.69, 9.17) is 10.5 Å². The third kappa shape index (κ3) is 2.17. The summed E-state index contributed by atoms with van der Waals surface area (Å²) in [4.78, 5) is 2.25. The molecule has 4 heteroatoms. The molecule has 1 aromatic rings.